The third-order valence-corrected chi connectivity index (χ3v) is 3.92. The van der Waals surface area contributed by atoms with Crippen LogP contribution >= 0.6 is 15.9 Å². The predicted octanol–water partition coefficient (Wildman–Crippen LogP) is 3.64. The Hall–Kier alpha value is -2.27. The topological polar surface area (TPSA) is 45.0 Å². The number of likely N-dealkylation sites (N-methyl/N-ethyl adjacent to an activating group) is 1. The van der Waals surface area contributed by atoms with Gasteiger partial charge in [0.15, 0.2) is 5.71 Å². The van der Waals surface area contributed by atoms with E-state index in [0.29, 0.717) is 12.3 Å². The molecule has 4 nitrogen and oxygen atoms in total. The molecule has 0 aromatic heterocycles. The molecule has 2 aromatic carbocycles. The maximum atomic E-state index is 12.4. The van der Waals surface area contributed by atoms with Crippen LogP contribution in [0.4, 0.5) is 5.69 Å². The highest BCUT2D eigenvalue weighted by Gasteiger charge is 2.32. The molecule has 0 saturated carbocycles. The highest BCUT2D eigenvalue weighted by atomic mass is 79.9. The Morgan fingerprint density at radius 1 is 1.18 bits per heavy atom. The summed E-state index contributed by atoms with van der Waals surface area (Å²) in [5.74, 6) is -0.102. The molecule has 0 N–H and O–H groups in total. The molecule has 0 bridgehead atoms. The van der Waals surface area contributed by atoms with Crippen molar-refractivity contribution >= 4 is 39.5 Å². The fourth-order valence-electron chi connectivity index (χ4n) is 2.41. The largest absolute Gasteiger partial charge is 0.307 e. The molecular formula is C17H14BrN3O. The summed E-state index contributed by atoms with van der Waals surface area (Å²) in [7, 11) is 0. The van der Waals surface area contributed by atoms with Gasteiger partial charge in [0.2, 0.25) is 0 Å². The molecule has 0 unspecified atom stereocenters. The maximum Gasteiger partial charge on any atom is 0.279 e. The summed E-state index contributed by atoms with van der Waals surface area (Å²) in [5, 5.41) is 8.23. The van der Waals surface area contributed by atoms with Gasteiger partial charge in [0.25, 0.3) is 5.91 Å². The molecule has 1 heterocycles. The Morgan fingerprint density at radius 3 is 2.77 bits per heavy atom. The first-order valence-electron chi connectivity index (χ1n) is 6.98. The third kappa shape index (κ3) is 2.72. The maximum absolute atomic E-state index is 12.4. The fraction of sp³-hybridized carbons (Fsp3) is 0.118. The number of hydrogen-bond donors (Lipinski definition) is 0. The van der Waals surface area contributed by atoms with Crippen LogP contribution < -0.4 is 4.90 Å². The van der Waals surface area contributed by atoms with E-state index in [4.69, 9.17) is 0 Å². The van der Waals surface area contributed by atoms with E-state index < -0.39 is 0 Å². The highest BCUT2D eigenvalue weighted by molar-refractivity contribution is 9.10. The zero-order chi connectivity index (χ0) is 15.5. The van der Waals surface area contributed by atoms with Gasteiger partial charge in [0.05, 0.1) is 11.9 Å². The number of nitrogens with zero attached hydrogens (tertiary/aromatic N) is 3. The minimum Gasteiger partial charge on any atom is -0.307 e. The van der Waals surface area contributed by atoms with Crippen molar-refractivity contribution in [3.8, 4) is 0 Å². The molecule has 0 spiro atoms. The monoisotopic (exact) mass is 355 g/mol. The molecule has 110 valence electrons. The van der Waals surface area contributed by atoms with Crippen LogP contribution in [0.2, 0.25) is 0 Å². The summed E-state index contributed by atoms with van der Waals surface area (Å²) in [6, 6.07) is 15.4. The van der Waals surface area contributed by atoms with Gasteiger partial charge >= 0.3 is 0 Å². The van der Waals surface area contributed by atoms with Gasteiger partial charge in [0.1, 0.15) is 0 Å². The van der Waals surface area contributed by atoms with Gasteiger partial charge < -0.3 is 4.90 Å². The minimum absolute atomic E-state index is 0.102. The molecule has 0 atom stereocenters. The highest BCUT2D eigenvalue weighted by Crippen LogP contribution is 2.28. The van der Waals surface area contributed by atoms with E-state index in [9.17, 15) is 4.79 Å². The number of hydrogen-bond acceptors (Lipinski definition) is 3. The van der Waals surface area contributed by atoms with E-state index in [1.54, 1.807) is 11.1 Å². The number of anilines is 1. The van der Waals surface area contributed by atoms with E-state index in [1.165, 1.54) is 0 Å². The zero-order valence-corrected chi connectivity index (χ0v) is 13.6. The van der Waals surface area contributed by atoms with Crippen LogP contribution in [0.25, 0.3) is 0 Å². The second-order valence-corrected chi connectivity index (χ2v) is 5.73. The van der Waals surface area contributed by atoms with Gasteiger partial charge in [-0.2, -0.15) is 5.10 Å². The summed E-state index contributed by atoms with van der Waals surface area (Å²) in [4.78, 5) is 14.1. The summed E-state index contributed by atoms with van der Waals surface area (Å²) < 4.78 is 0.976. The zero-order valence-electron chi connectivity index (χ0n) is 12.0. The Bertz CT molecular complexity index is 783. The number of halogens is 1. The lowest BCUT2D eigenvalue weighted by atomic mass is 10.1. The number of amides is 1. The second kappa shape index (κ2) is 6.23. The number of rotatable bonds is 3. The SMILES string of the molecule is CCN1C(=O)/C(=N/N=C\c2cccc(Br)c2)c2ccccc21. The minimum atomic E-state index is -0.102. The lowest BCUT2D eigenvalue weighted by Crippen LogP contribution is -2.29. The molecule has 0 aliphatic carbocycles. The van der Waals surface area contributed by atoms with Crippen molar-refractivity contribution in [1.82, 2.24) is 0 Å². The van der Waals surface area contributed by atoms with E-state index in [0.717, 1.165) is 21.3 Å². The third-order valence-electron chi connectivity index (χ3n) is 3.43. The van der Waals surface area contributed by atoms with E-state index in [-0.39, 0.29) is 5.91 Å². The Balaban J connectivity index is 1.93. The van der Waals surface area contributed by atoms with Crippen LogP contribution in [-0.4, -0.2) is 24.4 Å². The number of fused-ring (bicyclic) bond motifs is 1. The predicted molar refractivity (Wildman–Crippen MR) is 92.7 cm³/mol. The van der Waals surface area contributed by atoms with Crippen molar-refractivity contribution in [2.75, 3.05) is 11.4 Å². The van der Waals surface area contributed by atoms with Crippen molar-refractivity contribution in [1.29, 1.82) is 0 Å². The first kappa shape index (κ1) is 14.7. The summed E-state index contributed by atoms with van der Waals surface area (Å²) in [6.45, 7) is 2.56. The summed E-state index contributed by atoms with van der Waals surface area (Å²) in [6.07, 6.45) is 1.64. The van der Waals surface area contributed by atoms with Crippen LogP contribution in [0.15, 0.2) is 63.2 Å². The number of carbonyl (C=O) groups excluding carboxylic acids is 1. The molecule has 1 aliphatic rings. The van der Waals surface area contributed by atoms with Crippen LogP contribution in [0, 0.1) is 0 Å². The molecule has 0 saturated heterocycles. The first-order valence-corrected chi connectivity index (χ1v) is 7.78. The van der Waals surface area contributed by atoms with Crippen molar-refractivity contribution in [3.63, 3.8) is 0 Å². The smallest absolute Gasteiger partial charge is 0.279 e. The summed E-state index contributed by atoms with van der Waals surface area (Å²) in [5.41, 5.74) is 3.04. The fourth-order valence-corrected chi connectivity index (χ4v) is 2.83. The van der Waals surface area contributed by atoms with Gasteiger partial charge in [-0.05, 0) is 30.7 Å². The average molecular weight is 356 g/mol. The van der Waals surface area contributed by atoms with Crippen LogP contribution in [0.1, 0.15) is 18.1 Å². The molecule has 0 fully saturated rings. The Kier molecular flexibility index (Phi) is 4.15. The van der Waals surface area contributed by atoms with Crippen molar-refractivity contribution in [2.45, 2.75) is 6.92 Å². The van der Waals surface area contributed by atoms with Gasteiger partial charge in [-0.25, -0.2) is 0 Å². The standard InChI is InChI=1S/C17H14BrN3O/c1-2-21-15-9-4-3-8-14(15)16(17(21)22)20-19-11-12-6-5-7-13(18)10-12/h3-11H,2H2,1H3/b19-11-,20-16+. The van der Waals surface area contributed by atoms with Crippen LogP contribution in [0.3, 0.4) is 0 Å². The van der Waals surface area contributed by atoms with Gasteiger partial charge in [-0.15, -0.1) is 5.10 Å². The molecule has 5 heteroatoms. The molecule has 1 amide bonds. The van der Waals surface area contributed by atoms with Gasteiger partial charge in [-0.1, -0.05) is 46.3 Å². The van der Waals surface area contributed by atoms with Gasteiger partial charge in [0, 0.05) is 16.6 Å². The van der Waals surface area contributed by atoms with Crippen LogP contribution in [0.5, 0.6) is 0 Å². The average Bonchev–Trinajstić information content (AvgIpc) is 2.79. The summed E-state index contributed by atoms with van der Waals surface area (Å²) >= 11 is 3.41. The van der Waals surface area contributed by atoms with Crippen molar-refractivity contribution in [3.05, 3.63) is 64.1 Å². The lowest BCUT2D eigenvalue weighted by Gasteiger charge is -2.12. The molecule has 1 aliphatic heterocycles. The van der Waals surface area contributed by atoms with E-state index in [2.05, 4.69) is 26.1 Å². The molecule has 0 radical (unpaired) electrons. The quantitative estimate of drug-likeness (QED) is 0.612. The number of carbonyl (C=O) groups is 1. The Labute approximate surface area is 137 Å². The normalized spacial score (nSPS) is 15.8. The number of benzene rings is 2. The second-order valence-electron chi connectivity index (χ2n) is 4.81. The molecular weight excluding hydrogens is 342 g/mol. The molecule has 22 heavy (non-hydrogen) atoms. The molecule has 3 rings (SSSR count). The lowest BCUT2D eigenvalue weighted by molar-refractivity contribution is -0.112. The van der Waals surface area contributed by atoms with Crippen molar-refractivity contribution < 1.29 is 4.79 Å². The van der Waals surface area contributed by atoms with Crippen molar-refractivity contribution in [2.24, 2.45) is 10.2 Å². The number of para-hydroxylation sites is 1. The van der Waals surface area contributed by atoms with E-state index >= 15 is 0 Å². The van der Waals surface area contributed by atoms with Gasteiger partial charge in [-0.3, -0.25) is 4.79 Å². The first-order chi connectivity index (χ1) is 10.7. The van der Waals surface area contributed by atoms with E-state index in [1.807, 2.05) is 55.5 Å². The van der Waals surface area contributed by atoms with Crippen LogP contribution in [-0.2, 0) is 4.79 Å². The molecule has 2 aromatic rings. The Morgan fingerprint density at radius 2 is 2.00 bits per heavy atom.